The molecule has 0 bridgehead atoms. The van der Waals surface area contributed by atoms with E-state index in [0.29, 0.717) is 5.69 Å². The summed E-state index contributed by atoms with van der Waals surface area (Å²) in [6, 6.07) is 7.40. The Bertz CT molecular complexity index is 603. The number of ether oxygens (including phenoxy) is 1. The van der Waals surface area contributed by atoms with Gasteiger partial charge in [-0.2, -0.15) is 5.10 Å². The molecule has 1 aromatic carbocycles. The predicted octanol–water partition coefficient (Wildman–Crippen LogP) is 3.54. The number of hydrogen-bond acceptors (Lipinski definition) is 3. The number of benzene rings is 1. The van der Waals surface area contributed by atoms with Crippen LogP contribution in [0.25, 0.3) is 11.3 Å². The van der Waals surface area contributed by atoms with Crippen molar-refractivity contribution in [2.75, 3.05) is 5.32 Å². The molecule has 0 saturated heterocycles. The molecule has 0 radical (unpaired) electrons. The van der Waals surface area contributed by atoms with Crippen molar-refractivity contribution in [2.45, 2.75) is 0 Å². The van der Waals surface area contributed by atoms with Crippen LogP contribution in [0.3, 0.4) is 0 Å². The molecule has 5 nitrogen and oxygen atoms in total. The van der Waals surface area contributed by atoms with E-state index in [1.807, 2.05) is 25.2 Å². The number of aromatic nitrogens is 2. The molecule has 0 aliphatic carbocycles. The minimum Gasteiger partial charge on any atom is -0.419 e. The third-order valence-electron chi connectivity index (χ3n) is 2.47. The Hall–Kier alpha value is -2.08. The van der Waals surface area contributed by atoms with Crippen LogP contribution in [-0.4, -0.2) is 15.9 Å². The van der Waals surface area contributed by atoms with Crippen molar-refractivity contribution in [2.24, 2.45) is 7.05 Å². The molecule has 0 spiro atoms. The van der Waals surface area contributed by atoms with Crippen LogP contribution in [0.1, 0.15) is 0 Å². The molecule has 0 atom stereocenters. The summed E-state index contributed by atoms with van der Waals surface area (Å²) in [4.78, 5) is 11.3. The minimum absolute atomic E-state index is 0.573. The summed E-state index contributed by atoms with van der Waals surface area (Å²) in [6.45, 7) is 3.32. The Labute approximate surface area is 119 Å². The van der Waals surface area contributed by atoms with Gasteiger partial charge in [0.25, 0.3) is 0 Å². The lowest BCUT2D eigenvalue weighted by molar-refractivity contribution is 0.201. The van der Waals surface area contributed by atoms with E-state index in [0.717, 1.165) is 22.0 Å². The highest BCUT2D eigenvalue weighted by Gasteiger charge is 2.10. The summed E-state index contributed by atoms with van der Waals surface area (Å²) in [5.41, 5.74) is 2.50. The van der Waals surface area contributed by atoms with Gasteiger partial charge in [-0.3, -0.25) is 10.00 Å². The monoisotopic (exact) mass is 321 g/mol. The molecule has 2 rings (SSSR count). The zero-order chi connectivity index (χ0) is 13.8. The second-order valence-electron chi connectivity index (χ2n) is 3.74. The minimum atomic E-state index is -0.573. The Morgan fingerprint density at radius 3 is 3.00 bits per heavy atom. The molecule has 2 aromatic rings. The molecular formula is C13H12BrN3O2. The summed E-state index contributed by atoms with van der Waals surface area (Å²) in [7, 11) is 1.85. The average molecular weight is 322 g/mol. The number of aryl methyl sites for hydroxylation is 1. The SMILES string of the molecule is C=COC(=O)Nc1cccc(-c2c(Br)cnn2C)c1. The van der Waals surface area contributed by atoms with Crippen molar-refractivity contribution in [1.82, 2.24) is 9.78 Å². The van der Waals surface area contributed by atoms with Gasteiger partial charge in [-0.15, -0.1) is 0 Å². The number of amides is 1. The third kappa shape index (κ3) is 3.03. The highest BCUT2D eigenvalue weighted by atomic mass is 79.9. The van der Waals surface area contributed by atoms with E-state index in [-0.39, 0.29) is 0 Å². The van der Waals surface area contributed by atoms with Crippen LogP contribution in [0.2, 0.25) is 0 Å². The van der Waals surface area contributed by atoms with E-state index in [4.69, 9.17) is 0 Å². The fraction of sp³-hybridized carbons (Fsp3) is 0.0769. The van der Waals surface area contributed by atoms with Gasteiger partial charge in [-0.25, -0.2) is 4.79 Å². The van der Waals surface area contributed by atoms with E-state index in [1.54, 1.807) is 16.9 Å². The van der Waals surface area contributed by atoms with Gasteiger partial charge in [-0.1, -0.05) is 18.7 Å². The largest absolute Gasteiger partial charge is 0.419 e. The first kappa shape index (κ1) is 13.4. The van der Waals surface area contributed by atoms with Crippen LogP contribution in [0.4, 0.5) is 10.5 Å². The molecule has 19 heavy (non-hydrogen) atoms. The lowest BCUT2D eigenvalue weighted by Crippen LogP contribution is -2.10. The Morgan fingerprint density at radius 1 is 1.58 bits per heavy atom. The maximum atomic E-state index is 11.3. The van der Waals surface area contributed by atoms with Crippen molar-refractivity contribution >= 4 is 27.7 Å². The predicted molar refractivity (Wildman–Crippen MR) is 76.6 cm³/mol. The molecule has 1 heterocycles. The lowest BCUT2D eigenvalue weighted by Gasteiger charge is -2.07. The van der Waals surface area contributed by atoms with Gasteiger partial charge in [0.2, 0.25) is 0 Å². The van der Waals surface area contributed by atoms with Crippen molar-refractivity contribution in [3.05, 3.63) is 47.8 Å². The standard InChI is InChI=1S/C13H12BrN3O2/c1-3-19-13(18)16-10-6-4-5-9(7-10)12-11(14)8-15-17(12)2/h3-8H,1H2,2H3,(H,16,18). The third-order valence-corrected chi connectivity index (χ3v) is 3.05. The van der Waals surface area contributed by atoms with Gasteiger partial charge < -0.3 is 4.74 Å². The second-order valence-corrected chi connectivity index (χ2v) is 4.60. The first-order chi connectivity index (χ1) is 9.11. The first-order valence-corrected chi connectivity index (χ1v) is 6.27. The molecule has 1 aromatic heterocycles. The number of carbonyl (C=O) groups excluding carboxylic acids is 1. The maximum Gasteiger partial charge on any atom is 0.416 e. The average Bonchev–Trinajstić information content (AvgIpc) is 2.69. The van der Waals surface area contributed by atoms with Crippen molar-refractivity contribution < 1.29 is 9.53 Å². The van der Waals surface area contributed by atoms with Gasteiger partial charge in [0.1, 0.15) is 0 Å². The normalized spacial score (nSPS) is 10.0. The van der Waals surface area contributed by atoms with Crippen LogP contribution < -0.4 is 5.32 Å². The second kappa shape index (κ2) is 5.71. The van der Waals surface area contributed by atoms with E-state index >= 15 is 0 Å². The van der Waals surface area contributed by atoms with Gasteiger partial charge >= 0.3 is 6.09 Å². The van der Waals surface area contributed by atoms with Gasteiger partial charge in [0.15, 0.2) is 0 Å². The number of halogens is 1. The topological polar surface area (TPSA) is 56.1 Å². The molecule has 0 aliphatic rings. The number of rotatable bonds is 3. The van der Waals surface area contributed by atoms with E-state index in [9.17, 15) is 4.79 Å². The van der Waals surface area contributed by atoms with Crippen LogP contribution in [0.15, 0.2) is 47.8 Å². The number of nitrogens with zero attached hydrogens (tertiary/aromatic N) is 2. The van der Waals surface area contributed by atoms with Crippen LogP contribution in [0, 0.1) is 0 Å². The van der Waals surface area contributed by atoms with Crippen LogP contribution in [0.5, 0.6) is 0 Å². The fourth-order valence-corrected chi connectivity index (χ4v) is 2.28. The van der Waals surface area contributed by atoms with Crippen LogP contribution >= 0.6 is 15.9 Å². The number of anilines is 1. The first-order valence-electron chi connectivity index (χ1n) is 5.48. The summed E-state index contributed by atoms with van der Waals surface area (Å²) < 4.78 is 7.26. The highest BCUT2D eigenvalue weighted by molar-refractivity contribution is 9.10. The summed E-state index contributed by atoms with van der Waals surface area (Å²) in [6.07, 6.45) is 2.23. The molecule has 0 unspecified atom stereocenters. The number of hydrogen-bond donors (Lipinski definition) is 1. The number of carbonyl (C=O) groups is 1. The Balaban J connectivity index is 2.29. The lowest BCUT2D eigenvalue weighted by atomic mass is 10.1. The maximum absolute atomic E-state index is 11.3. The zero-order valence-electron chi connectivity index (χ0n) is 10.3. The van der Waals surface area contributed by atoms with E-state index in [2.05, 4.69) is 37.7 Å². The smallest absolute Gasteiger partial charge is 0.416 e. The summed E-state index contributed by atoms with van der Waals surface area (Å²) >= 11 is 3.45. The Kier molecular flexibility index (Phi) is 4.01. The van der Waals surface area contributed by atoms with Crippen molar-refractivity contribution in [3.63, 3.8) is 0 Å². The molecule has 1 N–H and O–H groups in total. The summed E-state index contributed by atoms with van der Waals surface area (Å²) in [5.74, 6) is 0. The van der Waals surface area contributed by atoms with E-state index < -0.39 is 6.09 Å². The quantitative estimate of drug-likeness (QED) is 0.880. The molecular weight excluding hydrogens is 310 g/mol. The molecule has 6 heteroatoms. The van der Waals surface area contributed by atoms with Gasteiger partial charge in [-0.05, 0) is 28.1 Å². The van der Waals surface area contributed by atoms with Crippen molar-refractivity contribution in [3.8, 4) is 11.3 Å². The van der Waals surface area contributed by atoms with Crippen LogP contribution in [-0.2, 0) is 11.8 Å². The molecule has 1 amide bonds. The fourth-order valence-electron chi connectivity index (χ4n) is 1.70. The number of nitrogens with one attached hydrogen (secondary N) is 1. The van der Waals surface area contributed by atoms with Gasteiger partial charge in [0, 0.05) is 18.3 Å². The molecule has 98 valence electrons. The van der Waals surface area contributed by atoms with E-state index in [1.165, 1.54) is 0 Å². The Morgan fingerprint density at radius 2 is 2.37 bits per heavy atom. The van der Waals surface area contributed by atoms with Crippen molar-refractivity contribution in [1.29, 1.82) is 0 Å². The zero-order valence-corrected chi connectivity index (χ0v) is 11.8. The summed E-state index contributed by atoms with van der Waals surface area (Å²) in [5, 5.41) is 6.76. The molecule has 0 aliphatic heterocycles. The molecule has 0 saturated carbocycles. The van der Waals surface area contributed by atoms with Gasteiger partial charge in [0.05, 0.1) is 22.6 Å². The molecule has 0 fully saturated rings. The highest BCUT2D eigenvalue weighted by Crippen LogP contribution is 2.29.